The van der Waals surface area contributed by atoms with E-state index in [1.165, 1.54) is 24.1 Å². The number of hydrogen-bond donors (Lipinski definition) is 1. The summed E-state index contributed by atoms with van der Waals surface area (Å²) in [7, 11) is 0. The third kappa shape index (κ3) is 4.21. The molecule has 1 fully saturated rings. The second kappa shape index (κ2) is 5.38. The molecule has 108 valence electrons. The molecule has 0 bridgehead atoms. The molecular formula is C16H26ClNS. The zero-order valence-electron chi connectivity index (χ0n) is 12.7. The molecule has 0 spiro atoms. The number of hydrogen-bond acceptors (Lipinski definition) is 2. The molecule has 0 saturated heterocycles. The molecule has 1 saturated carbocycles. The molecule has 1 aromatic heterocycles. The fourth-order valence-electron chi connectivity index (χ4n) is 3.96. The third-order valence-corrected chi connectivity index (χ3v) is 5.48. The van der Waals surface area contributed by atoms with E-state index in [0.29, 0.717) is 22.9 Å². The predicted octanol–water partition coefficient (Wildman–Crippen LogP) is 5.66. The van der Waals surface area contributed by atoms with Crippen molar-refractivity contribution in [1.82, 2.24) is 5.32 Å². The summed E-state index contributed by atoms with van der Waals surface area (Å²) in [6, 6.07) is 5.14. The van der Waals surface area contributed by atoms with Gasteiger partial charge in [0.1, 0.15) is 0 Å². The second-order valence-electron chi connectivity index (χ2n) is 7.64. The van der Waals surface area contributed by atoms with Gasteiger partial charge in [-0.3, -0.25) is 0 Å². The minimum absolute atomic E-state index is 0.396. The SMILES string of the molecule is CC(NC1CC(C)(C)CC(C)(C)C1)c1ccc(Cl)s1. The van der Waals surface area contributed by atoms with Crippen LogP contribution in [-0.2, 0) is 0 Å². The van der Waals surface area contributed by atoms with Crippen molar-refractivity contribution in [3.63, 3.8) is 0 Å². The average molecular weight is 300 g/mol. The second-order valence-corrected chi connectivity index (χ2v) is 9.39. The maximum atomic E-state index is 6.03. The molecule has 3 heteroatoms. The van der Waals surface area contributed by atoms with E-state index >= 15 is 0 Å². The van der Waals surface area contributed by atoms with Crippen LogP contribution >= 0.6 is 22.9 Å². The largest absolute Gasteiger partial charge is 0.307 e. The summed E-state index contributed by atoms with van der Waals surface area (Å²) in [4.78, 5) is 1.34. The first-order valence-electron chi connectivity index (χ1n) is 7.18. The van der Waals surface area contributed by atoms with Gasteiger partial charge in [0.25, 0.3) is 0 Å². The Balaban J connectivity index is 2.02. The van der Waals surface area contributed by atoms with E-state index in [-0.39, 0.29) is 0 Å². The van der Waals surface area contributed by atoms with Gasteiger partial charge in [-0.1, -0.05) is 39.3 Å². The van der Waals surface area contributed by atoms with Crippen LogP contribution in [0.15, 0.2) is 12.1 Å². The third-order valence-electron chi connectivity index (χ3n) is 4.06. The molecule has 1 aliphatic rings. The van der Waals surface area contributed by atoms with Crippen LogP contribution in [0.3, 0.4) is 0 Å². The van der Waals surface area contributed by atoms with E-state index in [4.69, 9.17) is 11.6 Å². The molecule has 1 aliphatic carbocycles. The topological polar surface area (TPSA) is 12.0 Å². The van der Waals surface area contributed by atoms with Gasteiger partial charge in [-0.25, -0.2) is 0 Å². The monoisotopic (exact) mass is 299 g/mol. The van der Waals surface area contributed by atoms with Gasteiger partial charge >= 0.3 is 0 Å². The van der Waals surface area contributed by atoms with Crippen molar-refractivity contribution < 1.29 is 0 Å². The van der Waals surface area contributed by atoms with Gasteiger partial charge < -0.3 is 5.32 Å². The highest BCUT2D eigenvalue weighted by atomic mass is 35.5. The summed E-state index contributed by atoms with van der Waals surface area (Å²) in [6.07, 6.45) is 3.84. The van der Waals surface area contributed by atoms with E-state index < -0.39 is 0 Å². The smallest absolute Gasteiger partial charge is 0.0931 e. The Kier molecular flexibility index (Phi) is 4.35. The molecule has 0 aromatic carbocycles. The van der Waals surface area contributed by atoms with Gasteiger partial charge in [-0.15, -0.1) is 11.3 Å². The summed E-state index contributed by atoms with van der Waals surface area (Å²) in [5.41, 5.74) is 0.873. The Bertz CT molecular complexity index is 420. The molecule has 0 amide bonds. The van der Waals surface area contributed by atoms with Crippen LogP contribution in [0, 0.1) is 10.8 Å². The first-order valence-corrected chi connectivity index (χ1v) is 8.38. The first-order chi connectivity index (χ1) is 8.67. The van der Waals surface area contributed by atoms with Crippen LogP contribution in [0.1, 0.15) is 64.8 Å². The summed E-state index contributed by atoms with van der Waals surface area (Å²) in [6.45, 7) is 11.8. The van der Waals surface area contributed by atoms with Gasteiger partial charge in [-0.05, 0) is 49.1 Å². The standard InChI is InChI=1S/C16H26ClNS/c1-11(13-6-7-14(17)19-13)18-12-8-15(2,3)10-16(4,5)9-12/h6-7,11-12,18H,8-10H2,1-5H3. The number of rotatable bonds is 3. The van der Waals surface area contributed by atoms with Crippen molar-refractivity contribution in [2.75, 3.05) is 0 Å². The Morgan fingerprint density at radius 2 is 1.79 bits per heavy atom. The summed E-state index contributed by atoms with van der Waals surface area (Å²) in [5, 5.41) is 3.81. The maximum absolute atomic E-state index is 6.03. The van der Waals surface area contributed by atoms with Crippen LogP contribution in [0.4, 0.5) is 0 Å². The zero-order valence-corrected chi connectivity index (χ0v) is 14.3. The van der Waals surface area contributed by atoms with E-state index in [1.54, 1.807) is 11.3 Å². The van der Waals surface area contributed by atoms with Gasteiger partial charge in [0, 0.05) is 17.0 Å². The fraction of sp³-hybridized carbons (Fsp3) is 0.750. The van der Waals surface area contributed by atoms with E-state index in [1.807, 2.05) is 6.07 Å². The molecular weight excluding hydrogens is 274 g/mol. The quantitative estimate of drug-likeness (QED) is 0.759. The Labute approximate surface area is 126 Å². The molecule has 19 heavy (non-hydrogen) atoms. The van der Waals surface area contributed by atoms with Crippen molar-refractivity contribution >= 4 is 22.9 Å². The predicted molar refractivity (Wildman–Crippen MR) is 86.1 cm³/mol. The van der Waals surface area contributed by atoms with Gasteiger partial charge in [0.05, 0.1) is 4.34 Å². The Morgan fingerprint density at radius 3 is 2.26 bits per heavy atom. The van der Waals surface area contributed by atoms with Crippen LogP contribution < -0.4 is 5.32 Å². The lowest BCUT2D eigenvalue weighted by Gasteiger charge is -2.46. The normalized spacial score (nSPS) is 24.3. The molecule has 1 unspecified atom stereocenters. The molecule has 0 aliphatic heterocycles. The van der Waals surface area contributed by atoms with Gasteiger partial charge in [0.15, 0.2) is 0 Å². The van der Waals surface area contributed by atoms with Crippen molar-refractivity contribution in [2.45, 2.75) is 66.0 Å². The van der Waals surface area contributed by atoms with Crippen molar-refractivity contribution in [2.24, 2.45) is 10.8 Å². The minimum Gasteiger partial charge on any atom is -0.307 e. The highest BCUT2D eigenvalue weighted by molar-refractivity contribution is 7.16. The molecule has 2 rings (SSSR count). The highest BCUT2D eigenvalue weighted by Crippen LogP contribution is 2.46. The molecule has 1 atom stereocenters. The maximum Gasteiger partial charge on any atom is 0.0931 e. The highest BCUT2D eigenvalue weighted by Gasteiger charge is 2.38. The lowest BCUT2D eigenvalue weighted by Crippen LogP contribution is -2.44. The molecule has 1 N–H and O–H groups in total. The lowest BCUT2D eigenvalue weighted by atomic mass is 9.63. The minimum atomic E-state index is 0.396. The van der Waals surface area contributed by atoms with Crippen LogP contribution in [0.25, 0.3) is 0 Å². The van der Waals surface area contributed by atoms with Crippen molar-refractivity contribution in [3.8, 4) is 0 Å². The molecule has 1 heterocycles. The van der Waals surface area contributed by atoms with Crippen molar-refractivity contribution in [1.29, 1.82) is 0 Å². The van der Waals surface area contributed by atoms with E-state index in [0.717, 1.165) is 4.34 Å². The summed E-state index contributed by atoms with van der Waals surface area (Å²) in [5.74, 6) is 0. The van der Waals surface area contributed by atoms with E-state index in [9.17, 15) is 0 Å². The summed E-state index contributed by atoms with van der Waals surface area (Å²) >= 11 is 7.72. The number of nitrogens with one attached hydrogen (secondary N) is 1. The fourth-order valence-corrected chi connectivity index (χ4v) is 5.03. The van der Waals surface area contributed by atoms with Crippen LogP contribution in [0.2, 0.25) is 4.34 Å². The van der Waals surface area contributed by atoms with Gasteiger partial charge in [-0.2, -0.15) is 0 Å². The molecule has 1 aromatic rings. The van der Waals surface area contributed by atoms with Gasteiger partial charge in [0.2, 0.25) is 0 Å². The van der Waals surface area contributed by atoms with Crippen LogP contribution in [0.5, 0.6) is 0 Å². The van der Waals surface area contributed by atoms with E-state index in [2.05, 4.69) is 46.0 Å². The number of halogens is 1. The molecule has 0 radical (unpaired) electrons. The zero-order chi connectivity index (χ0) is 14.3. The average Bonchev–Trinajstić information content (AvgIpc) is 2.59. The van der Waals surface area contributed by atoms with Crippen LogP contribution in [-0.4, -0.2) is 6.04 Å². The summed E-state index contributed by atoms with van der Waals surface area (Å²) < 4.78 is 0.882. The lowest BCUT2D eigenvalue weighted by molar-refractivity contribution is 0.0813. The molecule has 1 nitrogen and oxygen atoms in total. The Morgan fingerprint density at radius 1 is 1.21 bits per heavy atom. The van der Waals surface area contributed by atoms with Crippen molar-refractivity contribution in [3.05, 3.63) is 21.3 Å². The Hall–Kier alpha value is -0.0500. The first kappa shape index (κ1) is 15.3. The number of thiophene rings is 1.